The predicted molar refractivity (Wildman–Crippen MR) is 164 cm³/mol. The largest absolute Gasteiger partial charge is 0.457 e. The summed E-state index contributed by atoms with van der Waals surface area (Å²) in [5.74, 6) is -0.613. The molecule has 5 nitrogen and oxygen atoms in total. The van der Waals surface area contributed by atoms with Crippen LogP contribution in [0.1, 0.15) is 74.1 Å². The lowest BCUT2D eigenvalue weighted by Gasteiger charge is -2.38. The molecule has 40 heavy (non-hydrogen) atoms. The molecule has 1 aliphatic carbocycles. The monoisotopic (exact) mass is 596 g/mol. The number of benzene rings is 2. The molecule has 1 saturated carbocycles. The first-order valence-electron chi connectivity index (χ1n) is 13.2. The van der Waals surface area contributed by atoms with E-state index in [2.05, 4.69) is 11.9 Å². The summed E-state index contributed by atoms with van der Waals surface area (Å²) in [7, 11) is 0. The van der Waals surface area contributed by atoms with Gasteiger partial charge in [-0.25, -0.2) is 4.79 Å². The van der Waals surface area contributed by atoms with Crippen molar-refractivity contribution >= 4 is 63.7 Å². The molecule has 0 radical (unpaired) electrons. The number of aromatic nitrogens is 2. The number of esters is 1. The van der Waals surface area contributed by atoms with Gasteiger partial charge in [0, 0.05) is 51.1 Å². The summed E-state index contributed by atoms with van der Waals surface area (Å²) >= 11 is 19.5. The number of ether oxygens (including phenoxy) is 1. The smallest absolute Gasteiger partial charge is 0.331 e. The molecular weight excluding hydrogens is 567 g/mol. The number of hydrogen-bond acceptors (Lipinski definition) is 3. The van der Waals surface area contributed by atoms with E-state index in [0.717, 1.165) is 47.0 Å². The van der Waals surface area contributed by atoms with Crippen LogP contribution in [0.5, 0.6) is 0 Å². The lowest BCUT2D eigenvalue weighted by atomic mass is 9.67. The van der Waals surface area contributed by atoms with Crippen molar-refractivity contribution in [2.45, 2.75) is 64.9 Å². The van der Waals surface area contributed by atoms with Crippen molar-refractivity contribution in [1.29, 1.82) is 0 Å². The van der Waals surface area contributed by atoms with E-state index < -0.39 is 11.6 Å². The SMILES string of the molecule is Cc1cn(C(=O)c2c(-c3c(Cl)cc(Cl)cc3Cl)c[nH]c2C2(C)CCC2)c2cccc(/C=C/C(=O)OC(C)(C)C)c12. The van der Waals surface area contributed by atoms with E-state index in [4.69, 9.17) is 39.5 Å². The Hall–Kier alpha value is -2.99. The number of carbonyl (C=O) groups excluding carboxylic acids is 2. The molecule has 0 unspecified atom stereocenters. The van der Waals surface area contributed by atoms with Gasteiger partial charge in [0.05, 0.1) is 21.1 Å². The van der Waals surface area contributed by atoms with Gasteiger partial charge in [0.1, 0.15) is 5.60 Å². The number of nitrogens with zero attached hydrogens (tertiary/aromatic N) is 1. The number of H-pyrrole nitrogens is 1. The highest BCUT2D eigenvalue weighted by Crippen LogP contribution is 2.48. The van der Waals surface area contributed by atoms with Crippen LogP contribution in [-0.4, -0.2) is 27.0 Å². The lowest BCUT2D eigenvalue weighted by Crippen LogP contribution is -2.33. The Morgan fingerprint density at radius 3 is 2.38 bits per heavy atom. The van der Waals surface area contributed by atoms with Crippen LogP contribution in [0.4, 0.5) is 0 Å². The number of halogens is 3. The first kappa shape index (κ1) is 28.5. The Balaban J connectivity index is 1.65. The average Bonchev–Trinajstić information content (AvgIpc) is 3.41. The normalized spacial score (nSPS) is 15.0. The maximum Gasteiger partial charge on any atom is 0.331 e. The minimum atomic E-state index is -0.585. The van der Waals surface area contributed by atoms with E-state index in [9.17, 15) is 9.59 Å². The number of carbonyl (C=O) groups is 2. The number of aryl methyl sites for hydroxylation is 1. The van der Waals surface area contributed by atoms with E-state index in [1.165, 1.54) is 6.08 Å². The Morgan fingerprint density at radius 2 is 1.77 bits per heavy atom. The van der Waals surface area contributed by atoms with E-state index in [1.54, 1.807) is 22.8 Å². The standard InChI is InChI=1S/C32H31Cl3N2O3/c1-18-17-37(24-9-6-8-19(26(18)24)10-11-25(38)40-31(2,3)4)30(39)28-21(16-36-29(28)32(5)12-7-13-32)27-22(34)14-20(33)15-23(27)35/h6,8-11,14-17,36H,7,12-13H2,1-5H3/b11-10+. The number of hydrogen-bond donors (Lipinski definition) is 1. The van der Waals surface area contributed by atoms with Crippen molar-refractivity contribution in [3.05, 3.63) is 86.3 Å². The molecule has 2 aromatic heterocycles. The highest BCUT2D eigenvalue weighted by molar-refractivity contribution is 6.42. The fourth-order valence-corrected chi connectivity index (χ4v) is 6.53. The van der Waals surface area contributed by atoms with Gasteiger partial charge >= 0.3 is 5.97 Å². The molecule has 208 valence electrons. The average molecular weight is 598 g/mol. The number of aromatic amines is 1. The van der Waals surface area contributed by atoms with E-state index in [1.807, 2.05) is 58.3 Å². The second-order valence-electron chi connectivity index (χ2n) is 11.7. The van der Waals surface area contributed by atoms with Crippen LogP contribution in [0.15, 0.2) is 48.8 Å². The lowest BCUT2D eigenvalue weighted by molar-refractivity contribution is -0.148. The predicted octanol–water partition coefficient (Wildman–Crippen LogP) is 9.39. The van der Waals surface area contributed by atoms with Crippen LogP contribution in [0.3, 0.4) is 0 Å². The van der Waals surface area contributed by atoms with Crippen molar-refractivity contribution < 1.29 is 14.3 Å². The van der Waals surface area contributed by atoms with Gasteiger partial charge in [0.2, 0.25) is 0 Å². The van der Waals surface area contributed by atoms with Crippen LogP contribution in [-0.2, 0) is 14.9 Å². The molecule has 4 aromatic rings. The molecule has 0 saturated heterocycles. The Morgan fingerprint density at radius 1 is 1.10 bits per heavy atom. The second kappa shape index (κ2) is 10.4. The molecule has 1 N–H and O–H groups in total. The molecule has 0 spiro atoms. The van der Waals surface area contributed by atoms with Crippen molar-refractivity contribution in [3.63, 3.8) is 0 Å². The second-order valence-corrected chi connectivity index (χ2v) is 13.0. The van der Waals surface area contributed by atoms with Gasteiger partial charge in [-0.3, -0.25) is 9.36 Å². The summed E-state index contributed by atoms with van der Waals surface area (Å²) in [6.45, 7) is 9.61. The molecule has 0 amide bonds. The van der Waals surface area contributed by atoms with Gasteiger partial charge < -0.3 is 9.72 Å². The minimum absolute atomic E-state index is 0.159. The van der Waals surface area contributed by atoms with E-state index >= 15 is 0 Å². The Kier molecular flexibility index (Phi) is 7.45. The zero-order valence-electron chi connectivity index (χ0n) is 23.1. The molecule has 0 aliphatic heterocycles. The molecule has 1 fully saturated rings. The van der Waals surface area contributed by atoms with Gasteiger partial charge in [0.25, 0.3) is 5.91 Å². The Labute approximate surface area is 249 Å². The molecule has 2 aromatic carbocycles. The fourth-order valence-electron chi connectivity index (χ4n) is 5.51. The fraction of sp³-hybridized carbons (Fsp3) is 0.312. The maximum absolute atomic E-state index is 14.5. The van der Waals surface area contributed by atoms with Crippen molar-refractivity contribution in [3.8, 4) is 11.1 Å². The molecular formula is C32H31Cl3N2O3. The summed E-state index contributed by atoms with van der Waals surface area (Å²) in [5.41, 5.74) is 4.34. The third-order valence-electron chi connectivity index (χ3n) is 7.51. The van der Waals surface area contributed by atoms with Crippen LogP contribution < -0.4 is 0 Å². The molecule has 2 heterocycles. The minimum Gasteiger partial charge on any atom is -0.457 e. The molecule has 8 heteroatoms. The van der Waals surface area contributed by atoms with Gasteiger partial charge in [-0.15, -0.1) is 0 Å². The van der Waals surface area contributed by atoms with Crippen molar-refractivity contribution in [2.75, 3.05) is 0 Å². The van der Waals surface area contributed by atoms with Crippen LogP contribution in [0, 0.1) is 6.92 Å². The highest BCUT2D eigenvalue weighted by atomic mass is 35.5. The summed E-state index contributed by atoms with van der Waals surface area (Å²) in [5, 5.41) is 2.05. The summed E-state index contributed by atoms with van der Waals surface area (Å²) in [6.07, 6.45) is 9.85. The van der Waals surface area contributed by atoms with Crippen LogP contribution in [0.25, 0.3) is 28.1 Å². The third-order valence-corrected chi connectivity index (χ3v) is 8.32. The summed E-state index contributed by atoms with van der Waals surface area (Å²) in [4.78, 5) is 30.2. The summed E-state index contributed by atoms with van der Waals surface area (Å²) in [6, 6.07) is 8.97. The molecule has 0 bridgehead atoms. The number of nitrogens with one attached hydrogen (secondary N) is 1. The zero-order valence-corrected chi connectivity index (χ0v) is 25.4. The highest BCUT2D eigenvalue weighted by Gasteiger charge is 2.40. The van der Waals surface area contributed by atoms with Gasteiger partial charge in [0.15, 0.2) is 0 Å². The van der Waals surface area contributed by atoms with Gasteiger partial charge in [-0.2, -0.15) is 0 Å². The number of fused-ring (bicyclic) bond motifs is 1. The van der Waals surface area contributed by atoms with E-state index in [0.29, 0.717) is 31.8 Å². The molecule has 1 aliphatic rings. The van der Waals surface area contributed by atoms with E-state index in [-0.39, 0.29) is 11.3 Å². The maximum atomic E-state index is 14.5. The third kappa shape index (κ3) is 5.23. The topological polar surface area (TPSA) is 64.1 Å². The summed E-state index contributed by atoms with van der Waals surface area (Å²) < 4.78 is 7.09. The van der Waals surface area contributed by atoms with Crippen molar-refractivity contribution in [1.82, 2.24) is 9.55 Å². The quantitative estimate of drug-likeness (QED) is 0.184. The molecule has 0 atom stereocenters. The first-order valence-corrected chi connectivity index (χ1v) is 14.4. The van der Waals surface area contributed by atoms with Crippen LogP contribution >= 0.6 is 34.8 Å². The van der Waals surface area contributed by atoms with Crippen molar-refractivity contribution in [2.24, 2.45) is 0 Å². The first-order chi connectivity index (χ1) is 18.8. The molecule has 5 rings (SSSR count). The van der Waals surface area contributed by atoms with Gasteiger partial charge in [-0.1, -0.05) is 60.3 Å². The van der Waals surface area contributed by atoms with Crippen LogP contribution in [0.2, 0.25) is 15.1 Å². The zero-order chi connectivity index (χ0) is 29.0. The van der Waals surface area contributed by atoms with Gasteiger partial charge in [-0.05, 0) is 75.9 Å². The number of rotatable bonds is 5. The Bertz CT molecular complexity index is 1660.